The van der Waals surface area contributed by atoms with Crippen LogP contribution < -0.4 is 0 Å². The number of hydrogen-bond acceptors (Lipinski definition) is 2. The van der Waals surface area contributed by atoms with Crippen molar-refractivity contribution in [3.8, 4) is 0 Å². The topological polar surface area (TPSA) is 50.2 Å². The maximum atomic E-state index is 10.9. The Morgan fingerprint density at radius 3 is 2.47 bits per heavy atom. The maximum Gasteiger partial charge on any atom is 0.354 e. The highest BCUT2D eigenvalue weighted by atomic mass is 16.4. The van der Waals surface area contributed by atoms with E-state index in [2.05, 4.69) is 25.8 Å². The molecule has 0 fully saturated rings. The van der Waals surface area contributed by atoms with Crippen LogP contribution in [0.3, 0.4) is 0 Å². The summed E-state index contributed by atoms with van der Waals surface area (Å²) in [5.74, 6) is -0.990. The van der Waals surface area contributed by atoms with Crippen molar-refractivity contribution in [3.63, 3.8) is 0 Å². The van der Waals surface area contributed by atoms with E-state index in [1.165, 1.54) is 6.07 Å². The zero-order valence-corrected chi connectivity index (χ0v) is 10.2. The summed E-state index contributed by atoms with van der Waals surface area (Å²) < 4.78 is 0. The van der Waals surface area contributed by atoms with Gasteiger partial charge in [0.25, 0.3) is 0 Å². The van der Waals surface area contributed by atoms with Crippen molar-refractivity contribution in [1.29, 1.82) is 0 Å². The first-order valence-electron chi connectivity index (χ1n) is 5.53. The van der Waals surface area contributed by atoms with Gasteiger partial charge >= 0.3 is 5.97 Å². The van der Waals surface area contributed by atoms with E-state index in [-0.39, 0.29) is 11.1 Å². The third-order valence-corrected chi connectivity index (χ3v) is 2.75. The molecule has 3 heteroatoms. The van der Waals surface area contributed by atoms with E-state index in [1.807, 2.05) is 18.2 Å². The summed E-state index contributed by atoms with van der Waals surface area (Å²) in [5, 5.41) is 9.95. The molecule has 2 rings (SSSR count). The van der Waals surface area contributed by atoms with Crippen LogP contribution in [0.4, 0.5) is 0 Å². The highest BCUT2D eigenvalue weighted by molar-refractivity contribution is 5.91. The second kappa shape index (κ2) is 3.84. The standard InChI is InChI=1S/C14H15NO2/c1-14(2,3)10-6-4-5-9-7-8-11(13(16)17)15-12(9)10/h4-8H,1-3H3,(H,16,17). The Morgan fingerprint density at radius 1 is 1.18 bits per heavy atom. The third-order valence-electron chi connectivity index (χ3n) is 2.75. The first kappa shape index (κ1) is 11.6. The Balaban J connectivity index is 2.77. The second-order valence-corrected chi connectivity index (χ2v) is 5.13. The van der Waals surface area contributed by atoms with E-state index >= 15 is 0 Å². The zero-order chi connectivity index (χ0) is 12.6. The van der Waals surface area contributed by atoms with Crippen LogP contribution in [0.25, 0.3) is 10.9 Å². The minimum atomic E-state index is -0.990. The van der Waals surface area contributed by atoms with E-state index in [0.717, 1.165) is 16.5 Å². The second-order valence-electron chi connectivity index (χ2n) is 5.13. The van der Waals surface area contributed by atoms with Gasteiger partial charge in [0, 0.05) is 5.39 Å². The highest BCUT2D eigenvalue weighted by Crippen LogP contribution is 2.28. The Kier molecular flexibility index (Phi) is 2.62. The van der Waals surface area contributed by atoms with Gasteiger partial charge in [-0.1, -0.05) is 45.0 Å². The number of carboxylic acids is 1. The first-order valence-corrected chi connectivity index (χ1v) is 5.53. The summed E-state index contributed by atoms with van der Waals surface area (Å²) in [6.45, 7) is 6.28. The van der Waals surface area contributed by atoms with E-state index < -0.39 is 5.97 Å². The van der Waals surface area contributed by atoms with Crippen LogP contribution in [0.15, 0.2) is 30.3 Å². The zero-order valence-electron chi connectivity index (χ0n) is 10.2. The minimum Gasteiger partial charge on any atom is -0.477 e. The molecule has 0 amide bonds. The molecule has 0 aliphatic heterocycles. The van der Waals surface area contributed by atoms with Gasteiger partial charge < -0.3 is 5.11 Å². The number of para-hydroxylation sites is 1. The summed E-state index contributed by atoms with van der Waals surface area (Å²) in [4.78, 5) is 15.2. The SMILES string of the molecule is CC(C)(C)c1cccc2ccc(C(=O)O)nc12. The van der Waals surface area contributed by atoms with Crippen LogP contribution in [0.5, 0.6) is 0 Å². The highest BCUT2D eigenvalue weighted by Gasteiger charge is 2.18. The molecule has 0 unspecified atom stereocenters. The fourth-order valence-electron chi connectivity index (χ4n) is 1.87. The molecular weight excluding hydrogens is 214 g/mol. The molecule has 0 bridgehead atoms. The fourth-order valence-corrected chi connectivity index (χ4v) is 1.87. The number of carbonyl (C=O) groups is 1. The van der Waals surface area contributed by atoms with Crippen molar-refractivity contribution in [3.05, 3.63) is 41.6 Å². The lowest BCUT2D eigenvalue weighted by Gasteiger charge is -2.20. The molecule has 0 spiro atoms. The van der Waals surface area contributed by atoms with Gasteiger partial charge in [0.05, 0.1) is 5.52 Å². The summed E-state index contributed by atoms with van der Waals surface area (Å²) in [5.41, 5.74) is 1.89. The Labute approximate surface area is 100 Å². The molecule has 0 aliphatic rings. The van der Waals surface area contributed by atoms with Crippen LogP contribution >= 0.6 is 0 Å². The monoisotopic (exact) mass is 229 g/mol. The molecule has 0 atom stereocenters. The molecular formula is C14H15NO2. The minimum absolute atomic E-state index is 0.0519. The maximum absolute atomic E-state index is 10.9. The van der Waals surface area contributed by atoms with Crippen molar-refractivity contribution in [2.45, 2.75) is 26.2 Å². The number of benzene rings is 1. The number of hydrogen-bond donors (Lipinski definition) is 1. The molecule has 0 radical (unpaired) electrons. The average molecular weight is 229 g/mol. The van der Waals surface area contributed by atoms with Crippen molar-refractivity contribution >= 4 is 16.9 Å². The third kappa shape index (κ3) is 2.13. The normalized spacial score (nSPS) is 11.7. The van der Waals surface area contributed by atoms with Gasteiger partial charge in [0.2, 0.25) is 0 Å². The number of nitrogens with zero attached hydrogens (tertiary/aromatic N) is 1. The number of aromatic carboxylic acids is 1. The van der Waals surface area contributed by atoms with Gasteiger partial charge in [-0.25, -0.2) is 9.78 Å². The first-order chi connectivity index (χ1) is 7.89. The van der Waals surface area contributed by atoms with Gasteiger partial charge in [-0.2, -0.15) is 0 Å². The molecule has 3 nitrogen and oxygen atoms in total. The van der Waals surface area contributed by atoms with Crippen molar-refractivity contribution in [2.75, 3.05) is 0 Å². The Morgan fingerprint density at radius 2 is 1.88 bits per heavy atom. The van der Waals surface area contributed by atoms with Gasteiger partial charge in [0.15, 0.2) is 0 Å². The average Bonchev–Trinajstić information content (AvgIpc) is 2.26. The van der Waals surface area contributed by atoms with Crippen LogP contribution in [-0.4, -0.2) is 16.1 Å². The van der Waals surface area contributed by atoms with Crippen LogP contribution in [-0.2, 0) is 5.41 Å². The molecule has 0 aliphatic carbocycles. The van der Waals surface area contributed by atoms with Gasteiger partial charge in [0.1, 0.15) is 5.69 Å². The van der Waals surface area contributed by atoms with E-state index in [4.69, 9.17) is 5.11 Å². The molecule has 2 aromatic rings. The fraction of sp³-hybridized carbons (Fsp3) is 0.286. The van der Waals surface area contributed by atoms with Gasteiger partial charge in [-0.15, -0.1) is 0 Å². The smallest absolute Gasteiger partial charge is 0.354 e. The number of rotatable bonds is 1. The quantitative estimate of drug-likeness (QED) is 0.816. The number of fused-ring (bicyclic) bond motifs is 1. The molecule has 88 valence electrons. The molecule has 1 N–H and O–H groups in total. The van der Waals surface area contributed by atoms with E-state index in [1.54, 1.807) is 6.07 Å². The van der Waals surface area contributed by atoms with Gasteiger partial charge in [-0.3, -0.25) is 0 Å². The molecule has 1 aromatic heterocycles. The number of aromatic nitrogens is 1. The molecule has 1 aromatic carbocycles. The predicted octanol–water partition coefficient (Wildman–Crippen LogP) is 3.23. The number of pyridine rings is 1. The summed E-state index contributed by atoms with van der Waals surface area (Å²) in [6, 6.07) is 9.27. The Hall–Kier alpha value is -1.90. The van der Waals surface area contributed by atoms with Gasteiger partial charge in [-0.05, 0) is 17.0 Å². The van der Waals surface area contributed by atoms with Crippen LogP contribution in [0, 0.1) is 0 Å². The molecule has 0 saturated carbocycles. The van der Waals surface area contributed by atoms with E-state index in [0.29, 0.717) is 0 Å². The van der Waals surface area contributed by atoms with Crippen molar-refractivity contribution in [1.82, 2.24) is 4.98 Å². The van der Waals surface area contributed by atoms with Crippen LogP contribution in [0.2, 0.25) is 0 Å². The lowest BCUT2D eigenvalue weighted by Crippen LogP contribution is -2.13. The lowest BCUT2D eigenvalue weighted by atomic mass is 9.85. The number of carboxylic acid groups (broad SMARTS) is 1. The molecule has 0 saturated heterocycles. The molecule has 17 heavy (non-hydrogen) atoms. The summed E-state index contributed by atoms with van der Waals surface area (Å²) in [6.07, 6.45) is 0. The molecule has 1 heterocycles. The largest absolute Gasteiger partial charge is 0.477 e. The predicted molar refractivity (Wildman–Crippen MR) is 67.4 cm³/mol. The van der Waals surface area contributed by atoms with Crippen LogP contribution in [0.1, 0.15) is 36.8 Å². The summed E-state index contributed by atoms with van der Waals surface area (Å²) in [7, 11) is 0. The van der Waals surface area contributed by atoms with Crippen molar-refractivity contribution < 1.29 is 9.90 Å². The lowest BCUT2D eigenvalue weighted by molar-refractivity contribution is 0.0691. The van der Waals surface area contributed by atoms with E-state index in [9.17, 15) is 4.79 Å². The van der Waals surface area contributed by atoms with Crippen molar-refractivity contribution in [2.24, 2.45) is 0 Å². The summed E-state index contributed by atoms with van der Waals surface area (Å²) >= 11 is 0. The Bertz CT molecular complexity index is 582.